The predicted octanol–water partition coefficient (Wildman–Crippen LogP) is 3.05. The summed E-state index contributed by atoms with van der Waals surface area (Å²) in [4.78, 5) is 17.3. The van der Waals surface area contributed by atoms with E-state index in [-0.39, 0.29) is 19.7 Å². The highest BCUT2D eigenvalue weighted by atomic mass is 35.5. The van der Waals surface area contributed by atoms with Crippen molar-refractivity contribution in [3.8, 4) is 5.75 Å². The second kappa shape index (κ2) is 5.88. The Balaban J connectivity index is 1.90. The standard InChI is InChI=1S/C15H11ClF2N2O2/c16-10-1-2-13-9(5-10)8-20(3-4-22-13)15(21)14-12(18)6-11(17)7-19-14/h1-2,5-7H,3-4,8H2. The number of fused-ring (bicyclic) bond motifs is 1. The first-order valence-corrected chi connectivity index (χ1v) is 6.94. The first kappa shape index (κ1) is 14.7. The molecule has 4 nitrogen and oxygen atoms in total. The number of carbonyl (C=O) groups is 1. The molecule has 0 unspecified atom stereocenters. The van der Waals surface area contributed by atoms with Gasteiger partial charge in [-0.1, -0.05) is 11.6 Å². The molecular weight excluding hydrogens is 314 g/mol. The van der Waals surface area contributed by atoms with E-state index in [2.05, 4.69) is 4.98 Å². The number of halogens is 3. The van der Waals surface area contributed by atoms with E-state index in [0.29, 0.717) is 16.8 Å². The number of nitrogens with zero attached hydrogens (tertiary/aromatic N) is 2. The molecule has 1 aromatic carbocycles. The highest BCUT2D eigenvalue weighted by molar-refractivity contribution is 6.30. The van der Waals surface area contributed by atoms with Crippen molar-refractivity contribution in [2.75, 3.05) is 13.2 Å². The lowest BCUT2D eigenvalue weighted by atomic mass is 10.2. The molecule has 1 aliphatic rings. The average molecular weight is 325 g/mol. The van der Waals surface area contributed by atoms with Gasteiger partial charge in [0.05, 0.1) is 12.7 Å². The van der Waals surface area contributed by atoms with Gasteiger partial charge in [0.2, 0.25) is 0 Å². The molecule has 0 spiro atoms. The van der Waals surface area contributed by atoms with Crippen LogP contribution in [-0.4, -0.2) is 28.9 Å². The Kier molecular flexibility index (Phi) is 3.94. The zero-order chi connectivity index (χ0) is 15.7. The fourth-order valence-corrected chi connectivity index (χ4v) is 2.45. The molecule has 114 valence electrons. The van der Waals surface area contributed by atoms with Gasteiger partial charge in [0, 0.05) is 23.2 Å². The molecule has 0 radical (unpaired) electrons. The minimum Gasteiger partial charge on any atom is -0.491 e. The smallest absolute Gasteiger partial charge is 0.275 e. The number of benzene rings is 1. The summed E-state index contributed by atoms with van der Waals surface area (Å²) in [5, 5.41) is 0.516. The van der Waals surface area contributed by atoms with Gasteiger partial charge < -0.3 is 9.64 Å². The van der Waals surface area contributed by atoms with Gasteiger partial charge in [-0.25, -0.2) is 13.8 Å². The SMILES string of the molecule is O=C(c1ncc(F)cc1F)N1CCOc2ccc(Cl)cc2C1. The van der Waals surface area contributed by atoms with Crippen LogP contribution in [0.1, 0.15) is 16.1 Å². The minimum absolute atomic E-state index is 0.215. The molecule has 3 rings (SSSR count). The molecule has 1 amide bonds. The monoisotopic (exact) mass is 324 g/mol. The molecule has 0 aliphatic carbocycles. The largest absolute Gasteiger partial charge is 0.491 e. The Bertz CT molecular complexity index is 739. The summed E-state index contributed by atoms with van der Waals surface area (Å²) in [6.45, 7) is 0.750. The third-order valence-electron chi connectivity index (χ3n) is 3.30. The summed E-state index contributed by atoms with van der Waals surface area (Å²) in [7, 11) is 0. The van der Waals surface area contributed by atoms with Crippen LogP contribution < -0.4 is 4.74 Å². The summed E-state index contributed by atoms with van der Waals surface area (Å²) in [5.74, 6) is -1.80. The van der Waals surface area contributed by atoms with E-state index in [9.17, 15) is 13.6 Å². The third-order valence-corrected chi connectivity index (χ3v) is 3.54. The predicted molar refractivity (Wildman–Crippen MR) is 75.8 cm³/mol. The van der Waals surface area contributed by atoms with Crippen molar-refractivity contribution in [3.63, 3.8) is 0 Å². The summed E-state index contributed by atoms with van der Waals surface area (Å²) in [5.41, 5.74) is 0.313. The van der Waals surface area contributed by atoms with E-state index in [4.69, 9.17) is 16.3 Å². The van der Waals surface area contributed by atoms with Crippen LogP contribution in [-0.2, 0) is 6.54 Å². The fraction of sp³-hybridized carbons (Fsp3) is 0.200. The summed E-state index contributed by atoms with van der Waals surface area (Å²) < 4.78 is 32.2. The number of amides is 1. The van der Waals surface area contributed by atoms with E-state index in [1.807, 2.05) is 0 Å². The van der Waals surface area contributed by atoms with Gasteiger partial charge in [0.1, 0.15) is 18.2 Å². The first-order valence-electron chi connectivity index (χ1n) is 6.56. The third kappa shape index (κ3) is 2.87. The number of aromatic nitrogens is 1. The number of carbonyl (C=O) groups excluding carboxylic acids is 1. The first-order chi connectivity index (χ1) is 10.5. The normalized spacial score (nSPS) is 14.0. The van der Waals surface area contributed by atoms with Crippen molar-refractivity contribution in [3.05, 3.63) is 58.4 Å². The van der Waals surface area contributed by atoms with Gasteiger partial charge in [-0.2, -0.15) is 0 Å². The van der Waals surface area contributed by atoms with Gasteiger partial charge in [-0.15, -0.1) is 0 Å². The van der Waals surface area contributed by atoms with Crippen molar-refractivity contribution in [2.45, 2.75) is 6.54 Å². The second-order valence-corrected chi connectivity index (χ2v) is 5.25. The van der Waals surface area contributed by atoms with E-state index in [1.54, 1.807) is 18.2 Å². The molecule has 0 N–H and O–H groups in total. The molecule has 1 aliphatic heterocycles. The molecule has 2 heterocycles. The summed E-state index contributed by atoms with van der Waals surface area (Å²) in [6, 6.07) is 5.75. The molecule has 2 aromatic rings. The molecule has 0 fully saturated rings. The lowest BCUT2D eigenvalue weighted by Crippen LogP contribution is -2.33. The molecule has 0 atom stereocenters. The maximum atomic E-state index is 13.7. The van der Waals surface area contributed by atoms with E-state index < -0.39 is 23.2 Å². The lowest BCUT2D eigenvalue weighted by Gasteiger charge is -2.19. The van der Waals surface area contributed by atoms with Gasteiger partial charge in [0.15, 0.2) is 11.5 Å². The van der Waals surface area contributed by atoms with Crippen molar-refractivity contribution >= 4 is 17.5 Å². The van der Waals surface area contributed by atoms with Crippen LogP contribution in [0.4, 0.5) is 8.78 Å². The highest BCUT2D eigenvalue weighted by Crippen LogP contribution is 2.27. The Morgan fingerprint density at radius 2 is 2.14 bits per heavy atom. The van der Waals surface area contributed by atoms with Crippen LogP contribution in [0.2, 0.25) is 5.02 Å². The second-order valence-electron chi connectivity index (χ2n) is 4.81. The van der Waals surface area contributed by atoms with Crippen molar-refractivity contribution in [1.29, 1.82) is 0 Å². The lowest BCUT2D eigenvalue weighted by molar-refractivity contribution is 0.0722. The fourth-order valence-electron chi connectivity index (χ4n) is 2.26. The highest BCUT2D eigenvalue weighted by Gasteiger charge is 2.24. The topological polar surface area (TPSA) is 42.4 Å². The van der Waals surface area contributed by atoms with Crippen LogP contribution in [0.5, 0.6) is 5.75 Å². The quantitative estimate of drug-likeness (QED) is 0.809. The van der Waals surface area contributed by atoms with Gasteiger partial charge in [-0.3, -0.25) is 4.79 Å². The summed E-state index contributed by atoms with van der Waals surface area (Å²) >= 11 is 5.94. The molecule has 22 heavy (non-hydrogen) atoms. The van der Waals surface area contributed by atoms with Crippen LogP contribution >= 0.6 is 11.6 Å². The minimum atomic E-state index is -0.985. The van der Waals surface area contributed by atoms with Gasteiger partial charge >= 0.3 is 0 Å². The zero-order valence-electron chi connectivity index (χ0n) is 11.4. The average Bonchev–Trinajstić information content (AvgIpc) is 2.68. The maximum Gasteiger partial charge on any atom is 0.275 e. The van der Waals surface area contributed by atoms with Gasteiger partial charge in [0.25, 0.3) is 5.91 Å². The van der Waals surface area contributed by atoms with E-state index >= 15 is 0 Å². The number of rotatable bonds is 1. The Morgan fingerprint density at radius 1 is 1.32 bits per heavy atom. The number of hydrogen-bond acceptors (Lipinski definition) is 3. The van der Waals surface area contributed by atoms with Crippen LogP contribution in [0.3, 0.4) is 0 Å². The molecule has 7 heteroatoms. The van der Waals surface area contributed by atoms with Gasteiger partial charge in [-0.05, 0) is 18.2 Å². The Hall–Kier alpha value is -2.21. The van der Waals surface area contributed by atoms with E-state index in [0.717, 1.165) is 11.8 Å². The van der Waals surface area contributed by atoms with Crippen LogP contribution in [0.15, 0.2) is 30.5 Å². The number of pyridine rings is 1. The van der Waals surface area contributed by atoms with Crippen LogP contribution in [0, 0.1) is 11.6 Å². The zero-order valence-corrected chi connectivity index (χ0v) is 12.1. The van der Waals surface area contributed by atoms with Crippen molar-refractivity contribution in [2.24, 2.45) is 0 Å². The van der Waals surface area contributed by atoms with Crippen molar-refractivity contribution in [1.82, 2.24) is 9.88 Å². The Labute approximate surface area is 130 Å². The van der Waals surface area contributed by atoms with Crippen LogP contribution in [0.25, 0.3) is 0 Å². The number of ether oxygens (including phenoxy) is 1. The van der Waals surface area contributed by atoms with E-state index in [1.165, 1.54) is 4.90 Å². The maximum absolute atomic E-state index is 13.7. The molecule has 0 saturated heterocycles. The number of hydrogen-bond donors (Lipinski definition) is 0. The molecule has 1 aromatic heterocycles. The summed E-state index contributed by atoms with van der Waals surface area (Å²) in [6.07, 6.45) is 0.815. The van der Waals surface area contributed by atoms with Crippen molar-refractivity contribution < 1.29 is 18.3 Å². The molecule has 0 bridgehead atoms. The molecule has 0 saturated carbocycles. The molecular formula is C15H11ClF2N2O2. The Morgan fingerprint density at radius 3 is 2.91 bits per heavy atom.